The molecule has 4 nitrogen and oxygen atoms in total. The van der Waals surface area contributed by atoms with Crippen molar-refractivity contribution in [3.63, 3.8) is 0 Å². The van der Waals surface area contributed by atoms with Crippen LogP contribution < -0.4 is 10.9 Å². The summed E-state index contributed by atoms with van der Waals surface area (Å²) in [5.41, 5.74) is 2.14. The molecule has 1 aromatic heterocycles. The number of hydrogen-bond acceptors (Lipinski definition) is 3. The van der Waals surface area contributed by atoms with E-state index >= 15 is 0 Å². The molecule has 0 spiro atoms. The third-order valence-electron chi connectivity index (χ3n) is 3.57. The van der Waals surface area contributed by atoms with Crippen molar-refractivity contribution in [2.75, 3.05) is 12.4 Å². The van der Waals surface area contributed by atoms with Gasteiger partial charge in [-0.05, 0) is 35.9 Å². The lowest BCUT2D eigenvalue weighted by atomic mass is 10.1. The number of aromatic nitrogens is 2. The summed E-state index contributed by atoms with van der Waals surface area (Å²) >= 11 is 0. The van der Waals surface area contributed by atoms with Crippen LogP contribution in [0, 0.1) is 11.6 Å². The van der Waals surface area contributed by atoms with Gasteiger partial charge in [0.15, 0.2) is 0 Å². The van der Waals surface area contributed by atoms with E-state index in [1.807, 2.05) is 31.3 Å². The smallest absolute Gasteiger partial charge is 0.267 e. The Bertz CT molecular complexity index is 917. The van der Waals surface area contributed by atoms with E-state index in [0.717, 1.165) is 17.3 Å². The van der Waals surface area contributed by atoms with Crippen molar-refractivity contribution < 1.29 is 8.78 Å². The molecule has 3 rings (SSSR count). The van der Waals surface area contributed by atoms with Crippen molar-refractivity contribution in [2.24, 2.45) is 0 Å². The van der Waals surface area contributed by atoms with Gasteiger partial charge in [0.2, 0.25) is 0 Å². The zero-order valence-electron chi connectivity index (χ0n) is 13.0. The van der Waals surface area contributed by atoms with Crippen LogP contribution in [-0.4, -0.2) is 16.8 Å². The molecule has 3 aromatic rings. The van der Waals surface area contributed by atoms with Gasteiger partial charge < -0.3 is 5.32 Å². The molecule has 0 amide bonds. The summed E-state index contributed by atoms with van der Waals surface area (Å²) in [7, 11) is 1.81. The van der Waals surface area contributed by atoms with Gasteiger partial charge in [-0.3, -0.25) is 4.79 Å². The van der Waals surface area contributed by atoms with Gasteiger partial charge in [0.1, 0.15) is 11.6 Å². The molecular weight excluding hydrogens is 312 g/mol. The molecule has 0 aliphatic heterocycles. The summed E-state index contributed by atoms with van der Waals surface area (Å²) in [6.45, 7) is 0.264. The Morgan fingerprint density at radius 1 is 1.04 bits per heavy atom. The Balaban J connectivity index is 1.98. The van der Waals surface area contributed by atoms with Crippen molar-refractivity contribution in [3.8, 4) is 11.3 Å². The molecule has 6 heteroatoms. The van der Waals surface area contributed by atoms with E-state index in [0.29, 0.717) is 5.69 Å². The minimum absolute atomic E-state index is 0.264. The van der Waals surface area contributed by atoms with Gasteiger partial charge in [-0.1, -0.05) is 12.1 Å². The zero-order valence-corrected chi connectivity index (χ0v) is 13.0. The predicted octanol–water partition coefficient (Wildman–Crippen LogP) is 3.28. The number of anilines is 1. The topological polar surface area (TPSA) is 46.9 Å². The Hall–Kier alpha value is -3.02. The number of benzene rings is 2. The van der Waals surface area contributed by atoms with Gasteiger partial charge in [0.05, 0.1) is 12.2 Å². The number of halogens is 2. The molecule has 0 unspecified atom stereocenters. The van der Waals surface area contributed by atoms with Crippen LogP contribution in [0.15, 0.2) is 59.4 Å². The molecule has 1 heterocycles. The van der Waals surface area contributed by atoms with Gasteiger partial charge in [-0.15, -0.1) is 0 Å². The van der Waals surface area contributed by atoms with E-state index < -0.39 is 11.6 Å². The highest BCUT2D eigenvalue weighted by molar-refractivity contribution is 5.58. The molecule has 0 saturated carbocycles. The molecule has 0 aliphatic carbocycles. The van der Waals surface area contributed by atoms with Crippen molar-refractivity contribution in [1.82, 2.24) is 9.78 Å². The zero-order chi connectivity index (χ0) is 17.1. The first-order valence-electron chi connectivity index (χ1n) is 7.36. The first kappa shape index (κ1) is 15.9. The monoisotopic (exact) mass is 327 g/mol. The first-order chi connectivity index (χ1) is 11.5. The van der Waals surface area contributed by atoms with E-state index in [1.165, 1.54) is 28.9 Å². The highest BCUT2D eigenvalue weighted by atomic mass is 19.1. The van der Waals surface area contributed by atoms with Gasteiger partial charge in [-0.25, -0.2) is 13.5 Å². The molecule has 2 aromatic carbocycles. The predicted molar refractivity (Wildman–Crippen MR) is 88.9 cm³/mol. The fraction of sp³-hybridized carbons (Fsp3) is 0.111. The number of hydrogen-bond donors (Lipinski definition) is 1. The van der Waals surface area contributed by atoms with E-state index in [9.17, 15) is 13.6 Å². The van der Waals surface area contributed by atoms with E-state index in [1.54, 1.807) is 0 Å². The second-order valence-corrected chi connectivity index (χ2v) is 5.32. The Morgan fingerprint density at radius 2 is 1.79 bits per heavy atom. The molecule has 0 fully saturated rings. The molecule has 0 radical (unpaired) electrons. The molecule has 0 bridgehead atoms. The van der Waals surface area contributed by atoms with Crippen molar-refractivity contribution in [1.29, 1.82) is 0 Å². The first-order valence-corrected chi connectivity index (χ1v) is 7.36. The van der Waals surface area contributed by atoms with Crippen LogP contribution in [0.5, 0.6) is 0 Å². The summed E-state index contributed by atoms with van der Waals surface area (Å²) in [4.78, 5) is 12.0. The summed E-state index contributed by atoms with van der Waals surface area (Å²) in [5.74, 6) is -1.38. The number of rotatable bonds is 4. The molecule has 24 heavy (non-hydrogen) atoms. The molecule has 0 atom stereocenters. The summed E-state index contributed by atoms with van der Waals surface area (Å²) in [6.07, 6.45) is 0. The van der Waals surface area contributed by atoms with Gasteiger partial charge >= 0.3 is 0 Å². The second-order valence-electron chi connectivity index (χ2n) is 5.32. The third kappa shape index (κ3) is 3.48. The third-order valence-corrected chi connectivity index (χ3v) is 3.57. The highest BCUT2D eigenvalue weighted by Crippen LogP contribution is 2.19. The fourth-order valence-corrected chi connectivity index (χ4v) is 2.42. The average Bonchev–Trinajstić information content (AvgIpc) is 2.56. The van der Waals surface area contributed by atoms with Gasteiger partial charge in [-0.2, -0.15) is 5.10 Å². The lowest BCUT2D eigenvalue weighted by Gasteiger charge is -2.09. The maximum absolute atomic E-state index is 13.4. The van der Waals surface area contributed by atoms with Crippen LogP contribution in [0.1, 0.15) is 5.56 Å². The van der Waals surface area contributed by atoms with Crippen molar-refractivity contribution in [3.05, 3.63) is 82.1 Å². The largest absolute Gasteiger partial charge is 0.388 e. The normalized spacial score (nSPS) is 10.6. The number of nitrogens with zero attached hydrogens (tertiary/aromatic N) is 2. The molecule has 122 valence electrons. The molecule has 1 N–H and O–H groups in total. The fourth-order valence-electron chi connectivity index (χ4n) is 2.42. The molecule has 0 saturated heterocycles. The molecular formula is C18H15F2N3O. The number of nitrogens with one attached hydrogen (secondary N) is 1. The van der Waals surface area contributed by atoms with Crippen LogP contribution in [0.4, 0.5) is 14.5 Å². The van der Waals surface area contributed by atoms with Crippen molar-refractivity contribution >= 4 is 5.69 Å². The maximum Gasteiger partial charge on any atom is 0.267 e. The van der Waals surface area contributed by atoms with Crippen LogP contribution >= 0.6 is 0 Å². The lowest BCUT2D eigenvalue weighted by Crippen LogP contribution is -2.22. The van der Waals surface area contributed by atoms with E-state index in [4.69, 9.17) is 0 Å². The average molecular weight is 327 g/mol. The summed E-state index contributed by atoms with van der Waals surface area (Å²) in [5, 5.41) is 7.25. The maximum atomic E-state index is 13.4. The van der Waals surface area contributed by atoms with Crippen LogP contribution in [-0.2, 0) is 6.54 Å². The lowest BCUT2D eigenvalue weighted by molar-refractivity contribution is 0.583. The minimum Gasteiger partial charge on any atom is -0.388 e. The summed E-state index contributed by atoms with van der Waals surface area (Å²) < 4.78 is 28.0. The van der Waals surface area contributed by atoms with Crippen LogP contribution in [0.3, 0.4) is 0 Å². The Morgan fingerprint density at radius 3 is 2.50 bits per heavy atom. The highest BCUT2D eigenvalue weighted by Gasteiger charge is 2.08. The van der Waals surface area contributed by atoms with E-state index in [2.05, 4.69) is 10.4 Å². The Labute approximate surface area is 137 Å². The van der Waals surface area contributed by atoms with Gasteiger partial charge in [0, 0.05) is 30.4 Å². The Kier molecular flexibility index (Phi) is 4.37. The van der Waals surface area contributed by atoms with Crippen LogP contribution in [0.25, 0.3) is 11.3 Å². The van der Waals surface area contributed by atoms with Gasteiger partial charge in [0.25, 0.3) is 5.56 Å². The SMILES string of the molecule is CNc1cccc(Cn2nc(-c3cc(F)cc(F)c3)ccc2=O)c1. The van der Waals surface area contributed by atoms with Crippen LogP contribution in [0.2, 0.25) is 0 Å². The molecule has 0 aliphatic rings. The quantitative estimate of drug-likeness (QED) is 0.800. The van der Waals surface area contributed by atoms with Crippen molar-refractivity contribution in [2.45, 2.75) is 6.54 Å². The summed E-state index contributed by atoms with van der Waals surface area (Å²) in [6, 6.07) is 13.5. The van der Waals surface area contributed by atoms with E-state index in [-0.39, 0.29) is 17.7 Å². The standard InChI is InChI=1S/C18H15F2N3O/c1-21-16-4-2-3-12(7-16)11-23-18(24)6-5-17(22-23)13-8-14(19)10-15(20)9-13/h2-10,21H,11H2,1H3. The second kappa shape index (κ2) is 6.62. The minimum atomic E-state index is -0.689.